The van der Waals surface area contributed by atoms with Gasteiger partial charge in [-0.1, -0.05) is 18.2 Å². The molecule has 1 amide bonds. The number of carbonyl (C=O) groups is 1. The molecule has 1 heterocycles. The van der Waals surface area contributed by atoms with Crippen LogP contribution in [0.25, 0.3) is 0 Å². The second-order valence-electron chi connectivity index (χ2n) is 7.12. The Labute approximate surface area is 156 Å². The summed E-state index contributed by atoms with van der Waals surface area (Å²) in [4.78, 5) is 15.3. The van der Waals surface area contributed by atoms with Crippen LogP contribution < -0.4 is 5.32 Å². The first-order chi connectivity index (χ1) is 12.9. The highest BCUT2D eigenvalue weighted by Crippen LogP contribution is 2.40. The van der Waals surface area contributed by atoms with E-state index in [1.165, 1.54) is 18.3 Å². The minimum Gasteiger partial charge on any atom is -0.506 e. The summed E-state index contributed by atoms with van der Waals surface area (Å²) in [6, 6.07) is 9.00. The van der Waals surface area contributed by atoms with E-state index in [0.717, 1.165) is 0 Å². The lowest BCUT2D eigenvalue weighted by Crippen LogP contribution is -2.45. The molecule has 1 saturated carbocycles. The van der Waals surface area contributed by atoms with E-state index in [9.17, 15) is 24.5 Å². The Hall–Kier alpha value is -2.67. The Morgan fingerprint density at radius 3 is 2.56 bits per heavy atom. The number of halogens is 1. The summed E-state index contributed by atoms with van der Waals surface area (Å²) in [6.07, 6.45) is 2.43. The second-order valence-corrected chi connectivity index (χ2v) is 7.12. The van der Waals surface area contributed by atoms with Gasteiger partial charge in [-0.15, -0.1) is 0 Å². The van der Waals surface area contributed by atoms with Gasteiger partial charge in [-0.05, 0) is 61.8 Å². The van der Waals surface area contributed by atoms with Crippen molar-refractivity contribution in [1.82, 2.24) is 10.3 Å². The van der Waals surface area contributed by atoms with E-state index < -0.39 is 17.7 Å². The van der Waals surface area contributed by atoms with Crippen LogP contribution in [0.2, 0.25) is 0 Å². The smallest absolute Gasteiger partial charge is 0.404 e. The van der Waals surface area contributed by atoms with E-state index in [2.05, 4.69) is 10.3 Å². The molecule has 1 aromatic heterocycles. The molecule has 0 bridgehead atoms. The standard InChI is InChI=1S/C20H23FN2O4/c21-16-4-2-1-3-14(16)11-17(23-19(25)26)13-7-9-20(27,10-8-13)18-6-5-15(24)12-22-18/h1-6,12-13,17,23-24,27H,7-11H2,(H,25,26). The van der Waals surface area contributed by atoms with Crippen molar-refractivity contribution in [3.05, 3.63) is 59.7 Å². The van der Waals surface area contributed by atoms with Crippen LogP contribution in [-0.4, -0.2) is 32.4 Å². The highest BCUT2D eigenvalue weighted by molar-refractivity contribution is 5.65. The number of nitrogens with one attached hydrogen (secondary N) is 1. The van der Waals surface area contributed by atoms with Gasteiger partial charge in [0.1, 0.15) is 17.2 Å². The summed E-state index contributed by atoms with van der Waals surface area (Å²) >= 11 is 0. The number of aromatic nitrogens is 1. The van der Waals surface area contributed by atoms with Gasteiger partial charge in [0.15, 0.2) is 0 Å². The maximum absolute atomic E-state index is 14.0. The number of hydrogen-bond donors (Lipinski definition) is 4. The molecule has 144 valence electrons. The summed E-state index contributed by atoms with van der Waals surface area (Å²) in [5, 5.41) is 32.0. The van der Waals surface area contributed by atoms with Gasteiger partial charge in [-0.25, -0.2) is 9.18 Å². The van der Waals surface area contributed by atoms with Gasteiger partial charge in [0.25, 0.3) is 0 Å². The number of pyridine rings is 1. The van der Waals surface area contributed by atoms with Gasteiger partial charge < -0.3 is 20.6 Å². The monoisotopic (exact) mass is 374 g/mol. The zero-order valence-corrected chi connectivity index (χ0v) is 14.8. The van der Waals surface area contributed by atoms with Crippen LogP contribution >= 0.6 is 0 Å². The molecule has 27 heavy (non-hydrogen) atoms. The Balaban J connectivity index is 1.71. The Kier molecular flexibility index (Phi) is 5.60. The maximum Gasteiger partial charge on any atom is 0.404 e. The van der Waals surface area contributed by atoms with Gasteiger partial charge >= 0.3 is 6.09 Å². The van der Waals surface area contributed by atoms with Crippen molar-refractivity contribution in [2.45, 2.75) is 43.7 Å². The molecule has 1 aromatic carbocycles. The number of nitrogens with zero attached hydrogens (tertiary/aromatic N) is 1. The van der Waals surface area contributed by atoms with Gasteiger partial charge in [-0.2, -0.15) is 0 Å². The molecule has 0 saturated heterocycles. The molecule has 1 aliphatic carbocycles. The van der Waals surface area contributed by atoms with E-state index >= 15 is 0 Å². The first-order valence-corrected chi connectivity index (χ1v) is 8.98. The number of rotatable bonds is 5. The van der Waals surface area contributed by atoms with Crippen LogP contribution in [0, 0.1) is 11.7 Å². The van der Waals surface area contributed by atoms with Crippen molar-refractivity contribution in [2.75, 3.05) is 0 Å². The molecule has 0 aliphatic heterocycles. The Morgan fingerprint density at radius 1 is 1.26 bits per heavy atom. The van der Waals surface area contributed by atoms with E-state index in [-0.39, 0.29) is 23.9 Å². The van der Waals surface area contributed by atoms with Crippen molar-refractivity contribution < 1.29 is 24.5 Å². The molecule has 6 nitrogen and oxygen atoms in total. The normalized spacial score (nSPS) is 23.6. The fraction of sp³-hybridized carbons (Fsp3) is 0.400. The summed E-state index contributed by atoms with van der Waals surface area (Å²) in [5.74, 6) is -0.333. The highest BCUT2D eigenvalue weighted by atomic mass is 19.1. The van der Waals surface area contributed by atoms with Crippen molar-refractivity contribution in [2.24, 2.45) is 5.92 Å². The quantitative estimate of drug-likeness (QED) is 0.644. The lowest BCUT2D eigenvalue weighted by atomic mass is 9.73. The molecule has 1 atom stereocenters. The number of aromatic hydroxyl groups is 1. The molecule has 0 spiro atoms. The SMILES string of the molecule is O=C(O)NC(Cc1ccccc1F)C1CCC(O)(c2ccc(O)cn2)CC1. The third-order valence-electron chi connectivity index (χ3n) is 5.36. The van der Waals surface area contributed by atoms with Crippen molar-refractivity contribution >= 4 is 6.09 Å². The van der Waals surface area contributed by atoms with Crippen molar-refractivity contribution in [3.8, 4) is 5.75 Å². The summed E-state index contributed by atoms with van der Waals surface area (Å²) in [6.45, 7) is 0. The zero-order valence-electron chi connectivity index (χ0n) is 14.8. The van der Waals surface area contributed by atoms with Gasteiger partial charge in [-0.3, -0.25) is 4.98 Å². The molecule has 3 rings (SSSR count). The lowest BCUT2D eigenvalue weighted by Gasteiger charge is -2.38. The van der Waals surface area contributed by atoms with Crippen LogP contribution in [0.4, 0.5) is 9.18 Å². The van der Waals surface area contributed by atoms with Crippen LogP contribution in [-0.2, 0) is 12.0 Å². The second kappa shape index (κ2) is 7.92. The number of aliphatic hydroxyl groups is 1. The van der Waals surface area contributed by atoms with Crippen LogP contribution in [0.1, 0.15) is 36.9 Å². The van der Waals surface area contributed by atoms with Gasteiger partial charge in [0, 0.05) is 6.04 Å². The third-order valence-corrected chi connectivity index (χ3v) is 5.36. The minimum absolute atomic E-state index is 0.0157. The predicted molar refractivity (Wildman–Crippen MR) is 96.8 cm³/mol. The first kappa shape index (κ1) is 19.1. The number of benzene rings is 1. The summed E-state index contributed by atoms with van der Waals surface area (Å²) < 4.78 is 14.0. The molecule has 4 N–H and O–H groups in total. The zero-order chi connectivity index (χ0) is 19.4. The molecular weight excluding hydrogens is 351 g/mol. The average Bonchev–Trinajstić information content (AvgIpc) is 2.64. The number of amides is 1. The Morgan fingerprint density at radius 2 is 1.96 bits per heavy atom. The lowest BCUT2D eigenvalue weighted by molar-refractivity contribution is -0.0223. The van der Waals surface area contributed by atoms with Crippen molar-refractivity contribution in [3.63, 3.8) is 0 Å². The molecule has 0 radical (unpaired) electrons. The van der Waals surface area contributed by atoms with Crippen molar-refractivity contribution in [1.29, 1.82) is 0 Å². The molecule has 1 unspecified atom stereocenters. The topological polar surface area (TPSA) is 103 Å². The minimum atomic E-state index is -1.14. The number of hydrogen-bond acceptors (Lipinski definition) is 4. The predicted octanol–water partition coefficient (Wildman–Crippen LogP) is 3.18. The molecule has 1 fully saturated rings. The third kappa shape index (κ3) is 4.54. The van der Waals surface area contributed by atoms with Gasteiger partial charge in [0.05, 0.1) is 11.9 Å². The Bertz CT molecular complexity index is 789. The van der Waals surface area contributed by atoms with Gasteiger partial charge in [0.2, 0.25) is 0 Å². The first-order valence-electron chi connectivity index (χ1n) is 8.98. The summed E-state index contributed by atoms with van der Waals surface area (Å²) in [7, 11) is 0. The van der Waals surface area contributed by atoms with E-state index in [4.69, 9.17) is 0 Å². The molecular formula is C20H23FN2O4. The van der Waals surface area contributed by atoms with Crippen LogP contribution in [0.5, 0.6) is 5.75 Å². The maximum atomic E-state index is 14.0. The fourth-order valence-electron chi connectivity index (χ4n) is 3.83. The largest absolute Gasteiger partial charge is 0.506 e. The number of carboxylic acid groups (broad SMARTS) is 1. The highest BCUT2D eigenvalue weighted by Gasteiger charge is 2.38. The fourth-order valence-corrected chi connectivity index (χ4v) is 3.83. The molecule has 2 aromatic rings. The summed E-state index contributed by atoms with van der Waals surface area (Å²) in [5.41, 5.74) is -0.136. The average molecular weight is 374 g/mol. The molecule has 1 aliphatic rings. The van der Waals surface area contributed by atoms with E-state index in [1.807, 2.05) is 0 Å². The van der Waals surface area contributed by atoms with E-state index in [0.29, 0.717) is 36.9 Å². The van der Waals surface area contributed by atoms with E-state index in [1.54, 1.807) is 24.3 Å². The van der Waals surface area contributed by atoms with Crippen LogP contribution in [0.15, 0.2) is 42.6 Å². The molecule has 7 heteroatoms. The van der Waals surface area contributed by atoms with Crippen LogP contribution in [0.3, 0.4) is 0 Å².